The molecule has 0 spiro atoms. The van der Waals surface area contributed by atoms with E-state index in [2.05, 4.69) is 23.8 Å². The molecule has 0 aromatic carbocycles. The van der Waals surface area contributed by atoms with Crippen LogP contribution < -0.4 is 10.6 Å². The number of rotatable bonds is 6. The number of amides is 1. The Labute approximate surface area is 102 Å². The van der Waals surface area contributed by atoms with Crippen LogP contribution in [0.1, 0.15) is 13.3 Å². The lowest BCUT2D eigenvalue weighted by Gasteiger charge is -2.23. The molecule has 1 aliphatic heterocycles. The maximum absolute atomic E-state index is 11.6. The largest absolute Gasteiger partial charge is 0.375 e. The number of hydrogen-bond acceptors (Lipinski definition) is 4. The van der Waals surface area contributed by atoms with Crippen LogP contribution in [0.15, 0.2) is 0 Å². The Morgan fingerprint density at radius 1 is 1.69 bits per heavy atom. The Kier molecular flexibility index (Phi) is 6.84. The molecule has 2 N–H and O–H groups in total. The van der Waals surface area contributed by atoms with E-state index in [9.17, 15) is 4.79 Å². The Morgan fingerprint density at radius 2 is 2.50 bits per heavy atom. The highest BCUT2D eigenvalue weighted by atomic mass is 32.2. The molecule has 2 unspecified atom stereocenters. The van der Waals surface area contributed by atoms with Gasteiger partial charge in [-0.2, -0.15) is 11.8 Å². The van der Waals surface area contributed by atoms with Crippen LogP contribution >= 0.6 is 11.8 Å². The van der Waals surface area contributed by atoms with Crippen LogP contribution in [-0.2, 0) is 9.53 Å². The van der Waals surface area contributed by atoms with Gasteiger partial charge in [0, 0.05) is 19.6 Å². The van der Waals surface area contributed by atoms with Gasteiger partial charge < -0.3 is 15.4 Å². The Bertz CT molecular complexity index is 208. The summed E-state index contributed by atoms with van der Waals surface area (Å²) in [4.78, 5) is 11.6. The highest BCUT2D eigenvalue weighted by Crippen LogP contribution is 2.04. The SMILES string of the molecule is CSCC(C)CNC(=O)CC1CNCCO1. The topological polar surface area (TPSA) is 50.4 Å². The second-order valence-electron chi connectivity index (χ2n) is 4.27. The molecule has 0 saturated carbocycles. The standard InChI is InChI=1S/C11H22N2O2S/c1-9(8-16-2)6-13-11(14)5-10-7-12-3-4-15-10/h9-10,12H,3-8H2,1-2H3,(H,13,14). The maximum Gasteiger partial charge on any atom is 0.222 e. The molecule has 1 amide bonds. The number of ether oxygens (including phenoxy) is 1. The molecule has 0 aliphatic carbocycles. The van der Waals surface area contributed by atoms with Crippen LogP contribution in [-0.4, -0.2) is 50.3 Å². The summed E-state index contributed by atoms with van der Waals surface area (Å²) in [5.41, 5.74) is 0. The lowest BCUT2D eigenvalue weighted by atomic mass is 10.2. The van der Waals surface area contributed by atoms with E-state index in [0.717, 1.165) is 25.4 Å². The molecule has 16 heavy (non-hydrogen) atoms. The Morgan fingerprint density at radius 3 is 3.12 bits per heavy atom. The molecule has 1 fully saturated rings. The quantitative estimate of drug-likeness (QED) is 0.716. The lowest BCUT2D eigenvalue weighted by Crippen LogP contribution is -2.42. The first kappa shape index (κ1) is 13.8. The smallest absolute Gasteiger partial charge is 0.222 e. The van der Waals surface area contributed by atoms with Gasteiger partial charge in [-0.1, -0.05) is 6.92 Å². The molecule has 94 valence electrons. The number of thioether (sulfide) groups is 1. The van der Waals surface area contributed by atoms with E-state index in [0.29, 0.717) is 18.9 Å². The second kappa shape index (κ2) is 7.92. The number of nitrogens with one attached hydrogen (secondary N) is 2. The second-order valence-corrected chi connectivity index (χ2v) is 5.18. The van der Waals surface area contributed by atoms with Crippen LogP contribution in [0.2, 0.25) is 0 Å². The molecular weight excluding hydrogens is 224 g/mol. The molecule has 1 rings (SSSR count). The summed E-state index contributed by atoms with van der Waals surface area (Å²) < 4.78 is 5.48. The zero-order valence-corrected chi connectivity index (χ0v) is 10.9. The zero-order chi connectivity index (χ0) is 11.8. The first-order valence-corrected chi connectivity index (χ1v) is 7.19. The van der Waals surface area contributed by atoms with Crippen molar-refractivity contribution in [2.75, 3.05) is 38.2 Å². The summed E-state index contributed by atoms with van der Waals surface area (Å²) >= 11 is 1.81. The van der Waals surface area contributed by atoms with E-state index < -0.39 is 0 Å². The summed E-state index contributed by atoms with van der Waals surface area (Å²) in [5, 5.41) is 6.17. The van der Waals surface area contributed by atoms with Crippen molar-refractivity contribution in [1.82, 2.24) is 10.6 Å². The summed E-state index contributed by atoms with van der Waals surface area (Å²) in [6, 6.07) is 0. The van der Waals surface area contributed by atoms with Gasteiger partial charge in [-0.3, -0.25) is 4.79 Å². The van der Waals surface area contributed by atoms with Gasteiger partial charge in [-0.05, 0) is 17.9 Å². The Hall–Kier alpha value is -0.260. The van der Waals surface area contributed by atoms with Crippen LogP contribution in [0.5, 0.6) is 0 Å². The molecule has 2 atom stereocenters. The van der Waals surface area contributed by atoms with E-state index >= 15 is 0 Å². The van der Waals surface area contributed by atoms with Gasteiger partial charge in [0.15, 0.2) is 0 Å². The number of hydrogen-bond donors (Lipinski definition) is 2. The molecule has 1 aliphatic rings. The van der Waals surface area contributed by atoms with Crippen molar-refractivity contribution in [1.29, 1.82) is 0 Å². The minimum Gasteiger partial charge on any atom is -0.375 e. The third-order valence-electron chi connectivity index (χ3n) is 2.52. The minimum atomic E-state index is 0.0459. The van der Waals surface area contributed by atoms with Gasteiger partial charge in [0.05, 0.1) is 19.1 Å². The zero-order valence-electron chi connectivity index (χ0n) is 10.1. The van der Waals surface area contributed by atoms with Gasteiger partial charge in [0.2, 0.25) is 5.91 Å². The van der Waals surface area contributed by atoms with E-state index in [1.807, 2.05) is 11.8 Å². The summed E-state index contributed by atoms with van der Waals surface area (Å²) in [6.07, 6.45) is 2.60. The molecule has 0 aromatic heterocycles. The fourth-order valence-electron chi connectivity index (χ4n) is 1.66. The van der Waals surface area contributed by atoms with Gasteiger partial charge in [0.1, 0.15) is 0 Å². The van der Waals surface area contributed by atoms with E-state index in [4.69, 9.17) is 4.74 Å². The fraction of sp³-hybridized carbons (Fsp3) is 0.909. The number of carbonyl (C=O) groups is 1. The molecule has 0 bridgehead atoms. The average Bonchev–Trinajstić information content (AvgIpc) is 2.28. The van der Waals surface area contributed by atoms with E-state index in [1.165, 1.54) is 0 Å². The van der Waals surface area contributed by atoms with Crippen molar-refractivity contribution in [3.8, 4) is 0 Å². The van der Waals surface area contributed by atoms with Crippen LogP contribution in [0.4, 0.5) is 0 Å². The number of morpholine rings is 1. The molecule has 0 aromatic rings. The summed E-state index contributed by atoms with van der Waals surface area (Å²) in [5.74, 6) is 1.72. The van der Waals surface area contributed by atoms with E-state index in [-0.39, 0.29) is 12.0 Å². The van der Waals surface area contributed by atoms with Crippen LogP contribution in [0.25, 0.3) is 0 Å². The first-order valence-electron chi connectivity index (χ1n) is 5.80. The summed E-state index contributed by atoms with van der Waals surface area (Å²) in [6.45, 7) is 5.30. The average molecular weight is 246 g/mol. The summed E-state index contributed by atoms with van der Waals surface area (Å²) in [7, 11) is 0. The minimum absolute atomic E-state index is 0.0459. The molecule has 0 radical (unpaired) electrons. The Balaban J connectivity index is 2.10. The van der Waals surface area contributed by atoms with Crippen molar-refractivity contribution in [3.05, 3.63) is 0 Å². The van der Waals surface area contributed by atoms with Gasteiger partial charge in [0.25, 0.3) is 0 Å². The fourth-order valence-corrected chi connectivity index (χ4v) is 2.35. The van der Waals surface area contributed by atoms with Crippen molar-refractivity contribution >= 4 is 17.7 Å². The molecule has 1 saturated heterocycles. The molecular formula is C11H22N2O2S. The molecule has 4 nitrogen and oxygen atoms in total. The van der Waals surface area contributed by atoms with Crippen LogP contribution in [0, 0.1) is 5.92 Å². The van der Waals surface area contributed by atoms with Crippen molar-refractivity contribution in [2.24, 2.45) is 5.92 Å². The van der Waals surface area contributed by atoms with Crippen molar-refractivity contribution < 1.29 is 9.53 Å². The van der Waals surface area contributed by atoms with Gasteiger partial charge in [-0.15, -0.1) is 0 Å². The predicted molar refractivity (Wildman–Crippen MR) is 67.8 cm³/mol. The van der Waals surface area contributed by atoms with Gasteiger partial charge >= 0.3 is 0 Å². The van der Waals surface area contributed by atoms with Crippen LogP contribution in [0.3, 0.4) is 0 Å². The molecule has 1 heterocycles. The van der Waals surface area contributed by atoms with Crippen molar-refractivity contribution in [3.63, 3.8) is 0 Å². The lowest BCUT2D eigenvalue weighted by molar-refractivity contribution is -0.124. The van der Waals surface area contributed by atoms with Crippen molar-refractivity contribution in [2.45, 2.75) is 19.4 Å². The first-order chi connectivity index (χ1) is 7.72. The van der Waals surface area contributed by atoms with E-state index in [1.54, 1.807) is 0 Å². The normalized spacial score (nSPS) is 22.8. The number of carbonyl (C=O) groups excluding carboxylic acids is 1. The third-order valence-corrected chi connectivity index (χ3v) is 3.42. The molecule has 5 heteroatoms. The van der Waals surface area contributed by atoms with Gasteiger partial charge in [-0.25, -0.2) is 0 Å². The highest BCUT2D eigenvalue weighted by Gasteiger charge is 2.17. The highest BCUT2D eigenvalue weighted by molar-refractivity contribution is 7.98. The third kappa shape index (κ3) is 5.72. The maximum atomic E-state index is 11.6. The monoisotopic (exact) mass is 246 g/mol. The predicted octanol–water partition coefficient (Wildman–Crippen LogP) is 0.480.